The number of carbonyl (C=O) groups excluding carboxylic acids is 2. The maximum absolute atomic E-state index is 15.1. The first-order chi connectivity index (χ1) is 34.9. The van der Waals surface area contributed by atoms with Gasteiger partial charge in [-0.25, -0.2) is 54.7 Å². The van der Waals surface area contributed by atoms with Crippen molar-refractivity contribution in [3.8, 4) is 33.4 Å². The van der Waals surface area contributed by atoms with E-state index in [2.05, 4.69) is 35.9 Å². The summed E-state index contributed by atoms with van der Waals surface area (Å²) in [5, 5.41) is 0. The Hall–Kier alpha value is -6.20. The molecule has 8 aromatic rings. The Bertz CT molecular complexity index is 3410. The highest BCUT2D eigenvalue weighted by Crippen LogP contribution is 2.40. The van der Waals surface area contributed by atoms with Crippen LogP contribution in [-0.4, -0.2) is 76.9 Å². The van der Waals surface area contributed by atoms with E-state index < -0.39 is 98.0 Å². The van der Waals surface area contributed by atoms with Crippen LogP contribution in [-0.2, 0) is 18.8 Å². The van der Waals surface area contributed by atoms with Crippen molar-refractivity contribution in [1.82, 2.24) is 19.9 Å². The molecule has 0 atom stereocenters. The first-order valence-electron chi connectivity index (χ1n) is 22.1. The molecule has 0 aliphatic carbocycles. The van der Waals surface area contributed by atoms with Crippen LogP contribution >= 0.6 is 39.5 Å². The average Bonchev–Trinajstić information content (AvgIpc) is 4.03. The number of aryl methyl sites for hydroxylation is 2. The third-order valence-electron chi connectivity index (χ3n) is 12.3. The number of esters is 2. The van der Waals surface area contributed by atoms with Crippen molar-refractivity contribution in [3.63, 3.8) is 0 Å². The standard InChI is InChI=1S/C23H16F4N2O2S.C16H21BN2O4.C13H7BrF4S/c1-10-28-15-9-12(8-14(22(15)29-10)23(30)31-2)17-20(26)18(24)16(19(25)21(17)27)11-4-6-13(32-3)7-5-11;1-9-18-12-8-10(7-11(13(12)19-9)14(20)21-6)17-22-15(2,3)16(4,5)23-17;1-19-7-4-2-6(3-5-7)8-10(15)12(17)9(14)13(18)11(8)16/h4-9H,1-3H3,(H,28,29);7-8H,1-6H3,(H,18,19);2-5H,1H3. The number of imidazole rings is 2. The van der Waals surface area contributed by atoms with Crippen LogP contribution in [0, 0.1) is 60.4 Å². The Balaban J connectivity index is 0.000000169. The summed E-state index contributed by atoms with van der Waals surface area (Å²) in [5.41, 5.74) is -0.581. The van der Waals surface area contributed by atoms with Crippen LogP contribution in [0.15, 0.2) is 87.1 Å². The molecular formula is C52H44BBrF8N4O6S2. The first kappa shape index (κ1) is 55.6. The zero-order valence-electron chi connectivity index (χ0n) is 41.1. The largest absolute Gasteiger partial charge is 0.494 e. The molecule has 0 unspecified atom stereocenters. The molecule has 0 bridgehead atoms. The van der Waals surface area contributed by atoms with Crippen molar-refractivity contribution in [2.24, 2.45) is 0 Å². The minimum Gasteiger partial charge on any atom is -0.465 e. The number of aromatic amines is 2. The van der Waals surface area contributed by atoms with Gasteiger partial charge < -0.3 is 28.8 Å². The van der Waals surface area contributed by atoms with E-state index in [9.17, 15) is 27.2 Å². The number of H-pyrrole nitrogens is 2. The number of aromatic nitrogens is 4. The summed E-state index contributed by atoms with van der Waals surface area (Å²) in [7, 11) is 1.95. The van der Waals surface area contributed by atoms with Gasteiger partial charge in [0.25, 0.3) is 0 Å². The van der Waals surface area contributed by atoms with Gasteiger partial charge in [-0.2, -0.15) is 0 Å². The molecule has 10 nitrogen and oxygen atoms in total. The van der Waals surface area contributed by atoms with Crippen LogP contribution in [0.4, 0.5) is 35.1 Å². The molecule has 22 heteroatoms. The van der Waals surface area contributed by atoms with Gasteiger partial charge in [0, 0.05) is 9.79 Å². The molecule has 1 aliphatic heterocycles. The van der Waals surface area contributed by atoms with E-state index in [0.717, 1.165) is 39.8 Å². The van der Waals surface area contributed by atoms with E-state index in [4.69, 9.17) is 18.8 Å². The second-order valence-corrected chi connectivity index (χ2v) is 20.1. The average molecular weight is 1130 g/mol. The van der Waals surface area contributed by atoms with Gasteiger partial charge >= 0.3 is 19.1 Å². The van der Waals surface area contributed by atoms with Crippen LogP contribution in [0.1, 0.15) is 60.1 Å². The number of nitrogens with one attached hydrogen (secondary N) is 2. The van der Waals surface area contributed by atoms with Crippen LogP contribution in [0.2, 0.25) is 0 Å². The van der Waals surface area contributed by atoms with Gasteiger partial charge in [-0.05, 0) is 141 Å². The fourth-order valence-corrected chi connectivity index (χ4v) is 8.97. The third-order valence-corrected chi connectivity index (χ3v) is 14.5. The normalized spacial score (nSPS) is 13.6. The van der Waals surface area contributed by atoms with Crippen molar-refractivity contribution in [2.75, 3.05) is 26.7 Å². The molecule has 2 N–H and O–H groups in total. The number of hydrogen-bond acceptors (Lipinski definition) is 10. The highest BCUT2D eigenvalue weighted by molar-refractivity contribution is 9.10. The molecule has 74 heavy (non-hydrogen) atoms. The molecule has 2 aromatic heterocycles. The van der Waals surface area contributed by atoms with Gasteiger partial charge in [-0.3, -0.25) is 0 Å². The van der Waals surface area contributed by atoms with Gasteiger partial charge in [0.15, 0.2) is 46.5 Å². The highest BCUT2D eigenvalue weighted by atomic mass is 79.9. The Morgan fingerprint density at radius 2 is 0.905 bits per heavy atom. The van der Waals surface area contributed by atoms with Crippen molar-refractivity contribution < 1.29 is 63.5 Å². The molecule has 0 radical (unpaired) electrons. The quantitative estimate of drug-likeness (QED) is 0.0379. The Morgan fingerprint density at radius 1 is 0.554 bits per heavy atom. The Morgan fingerprint density at radius 3 is 1.28 bits per heavy atom. The summed E-state index contributed by atoms with van der Waals surface area (Å²) in [6, 6.07) is 18.1. The van der Waals surface area contributed by atoms with Gasteiger partial charge in [0.05, 0.1) is 68.7 Å². The summed E-state index contributed by atoms with van der Waals surface area (Å²) in [6.07, 6.45) is 3.67. The number of fused-ring (bicyclic) bond motifs is 2. The predicted octanol–water partition coefficient (Wildman–Crippen LogP) is 13.6. The number of hydrogen-bond donors (Lipinski definition) is 2. The van der Waals surface area contributed by atoms with Crippen molar-refractivity contribution >= 4 is 86.0 Å². The lowest BCUT2D eigenvalue weighted by molar-refractivity contribution is 0.00578. The number of benzene rings is 6. The summed E-state index contributed by atoms with van der Waals surface area (Å²) in [5.74, 6) is -12.0. The number of ether oxygens (including phenoxy) is 2. The number of halogens is 9. The lowest BCUT2D eigenvalue weighted by Crippen LogP contribution is -2.41. The Kier molecular flexibility index (Phi) is 16.5. The van der Waals surface area contributed by atoms with E-state index in [0.29, 0.717) is 16.9 Å². The third kappa shape index (κ3) is 10.7. The topological polar surface area (TPSA) is 128 Å². The SMILES string of the molecule is COC(=O)c1cc(-c2c(F)c(F)c(-c3ccc(SC)cc3)c(F)c2F)cc2[nH]c(C)nc12.COC(=O)c1cc(B2OC(C)(C)C(C)(C)O2)cc2[nH]c(C)nc12.CSc1ccc(-c2c(F)c(F)c(Br)c(F)c2F)cc1. The fraction of sp³-hybridized carbons (Fsp3) is 0.231. The van der Waals surface area contributed by atoms with E-state index in [-0.39, 0.29) is 33.3 Å². The maximum Gasteiger partial charge on any atom is 0.494 e. The van der Waals surface area contributed by atoms with Crippen molar-refractivity contribution in [2.45, 2.75) is 62.5 Å². The van der Waals surface area contributed by atoms with Crippen LogP contribution in [0.3, 0.4) is 0 Å². The van der Waals surface area contributed by atoms with Crippen LogP contribution < -0.4 is 5.46 Å². The second kappa shape index (κ2) is 21.9. The molecule has 1 saturated heterocycles. The molecule has 0 saturated carbocycles. The van der Waals surface area contributed by atoms with E-state index in [1.165, 1.54) is 61.0 Å². The highest BCUT2D eigenvalue weighted by Gasteiger charge is 2.52. The van der Waals surface area contributed by atoms with Crippen LogP contribution in [0.5, 0.6) is 0 Å². The van der Waals surface area contributed by atoms with Crippen molar-refractivity contribution in [3.05, 3.63) is 147 Å². The molecule has 9 rings (SSSR count). The molecule has 386 valence electrons. The molecule has 0 amide bonds. The summed E-state index contributed by atoms with van der Waals surface area (Å²) < 4.78 is 135. The minimum atomic E-state index is -1.57. The van der Waals surface area contributed by atoms with Gasteiger partial charge in [-0.1, -0.05) is 24.3 Å². The lowest BCUT2D eigenvalue weighted by Gasteiger charge is -2.32. The van der Waals surface area contributed by atoms with Gasteiger partial charge in [0.1, 0.15) is 22.7 Å². The zero-order chi connectivity index (χ0) is 54.3. The molecule has 6 aromatic carbocycles. The summed E-state index contributed by atoms with van der Waals surface area (Å²) in [4.78, 5) is 40.5. The number of methoxy groups -OCH3 is 2. The monoisotopic (exact) mass is 1130 g/mol. The minimum absolute atomic E-state index is 0.00274. The second-order valence-electron chi connectivity index (χ2n) is 17.5. The number of carbonyl (C=O) groups is 2. The molecule has 0 spiro atoms. The van der Waals surface area contributed by atoms with Crippen LogP contribution in [0.25, 0.3) is 55.4 Å². The number of thioether (sulfide) groups is 2. The zero-order valence-corrected chi connectivity index (χ0v) is 44.3. The van der Waals surface area contributed by atoms with Gasteiger partial charge in [-0.15, -0.1) is 23.5 Å². The fourth-order valence-electron chi connectivity index (χ4n) is 7.81. The smallest absolute Gasteiger partial charge is 0.465 e. The van der Waals surface area contributed by atoms with E-state index in [1.54, 1.807) is 37.3 Å². The van der Waals surface area contributed by atoms with E-state index >= 15 is 17.6 Å². The predicted molar refractivity (Wildman–Crippen MR) is 274 cm³/mol. The van der Waals surface area contributed by atoms with Gasteiger partial charge in [0.2, 0.25) is 0 Å². The Labute approximate surface area is 436 Å². The maximum atomic E-state index is 15.1. The number of rotatable bonds is 8. The van der Waals surface area contributed by atoms with E-state index in [1.807, 2.05) is 53.2 Å². The lowest BCUT2D eigenvalue weighted by atomic mass is 9.78. The molecule has 1 aliphatic rings. The summed E-state index contributed by atoms with van der Waals surface area (Å²) >= 11 is 5.34. The summed E-state index contributed by atoms with van der Waals surface area (Å²) in [6.45, 7) is 11.4. The van der Waals surface area contributed by atoms with Crippen molar-refractivity contribution in [1.29, 1.82) is 0 Å². The molecule has 3 heterocycles. The number of nitrogens with zero attached hydrogens (tertiary/aromatic N) is 2. The molecular weight excluding hydrogens is 1080 g/mol. The first-order valence-corrected chi connectivity index (χ1v) is 25.3. The molecule has 1 fully saturated rings.